The molecule has 0 radical (unpaired) electrons. The molecular weight excluding hydrogens is 176 g/mol. The van der Waals surface area contributed by atoms with E-state index in [2.05, 4.69) is 21.5 Å². The van der Waals surface area contributed by atoms with Crippen molar-refractivity contribution in [2.24, 2.45) is 7.05 Å². The van der Waals surface area contributed by atoms with Gasteiger partial charge in [0.2, 0.25) is 0 Å². The highest BCUT2D eigenvalue weighted by molar-refractivity contribution is 5.54. The molecule has 0 aromatic carbocycles. The number of hydrogen-bond acceptors (Lipinski definition) is 2. The maximum absolute atomic E-state index is 4.42. The largest absolute Gasteiger partial charge is 0.360 e. The van der Waals surface area contributed by atoms with Gasteiger partial charge in [0.15, 0.2) is 0 Å². The molecule has 4 nitrogen and oxygen atoms in total. The monoisotopic (exact) mass is 190 g/mol. The van der Waals surface area contributed by atoms with Gasteiger partial charge in [-0.15, -0.1) is 0 Å². The molecule has 2 rings (SSSR count). The van der Waals surface area contributed by atoms with Crippen molar-refractivity contribution >= 4 is 0 Å². The minimum absolute atomic E-state index is 0.838. The molecule has 0 aliphatic carbocycles. The zero-order chi connectivity index (χ0) is 9.97. The van der Waals surface area contributed by atoms with Gasteiger partial charge in [0, 0.05) is 19.8 Å². The summed E-state index contributed by atoms with van der Waals surface area (Å²) >= 11 is 0. The van der Waals surface area contributed by atoms with Gasteiger partial charge in [0.25, 0.3) is 0 Å². The van der Waals surface area contributed by atoms with E-state index in [-0.39, 0.29) is 0 Å². The molecule has 0 aliphatic rings. The van der Waals surface area contributed by atoms with E-state index in [0.29, 0.717) is 0 Å². The highest BCUT2D eigenvalue weighted by atomic mass is 15.3. The first kappa shape index (κ1) is 9.02. The van der Waals surface area contributed by atoms with E-state index in [1.54, 1.807) is 0 Å². The molecule has 2 heterocycles. The molecule has 74 valence electrons. The number of nitrogens with one attached hydrogen (secondary N) is 2. The SMILES string of the molecule is CNCc1cc(-c2ccc[nH]2)nn1C. The summed E-state index contributed by atoms with van der Waals surface area (Å²) in [6.45, 7) is 0.838. The minimum atomic E-state index is 0.838. The summed E-state index contributed by atoms with van der Waals surface area (Å²) in [6, 6.07) is 6.08. The van der Waals surface area contributed by atoms with Crippen LogP contribution in [0, 0.1) is 0 Å². The summed E-state index contributed by atoms with van der Waals surface area (Å²) < 4.78 is 1.90. The van der Waals surface area contributed by atoms with E-state index in [4.69, 9.17) is 0 Å². The first-order chi connectivity index (χ1) is 6.81. The number of aryl methyl sites for hydroxylation is 1. The highest BCUT2D eigenvalue weighted by Gasteiger charge is 2.06. The highest BCUT2D eigenvalue weighted by Crippen LogP contribution is 2.15. The fourth-order valence-corrected chi connectivity index (χ4v) is 1.47. The Morgan fingerprint density at radius 1 is 1.57 bits per heavy atom. The molecule has 2 aromatic heterocycles. The lowest BCUT2D eigenvalue weighted by molar-refractivity contribution is 0.673. The predicted octanol–water partition coefficient (Wildman–Crippen LogP) is 1.13. The lowest BCUT2D eigenvalue weighted by atomic mass is 10.3. The van der Waals surface area contributed by atoms with Crippen LogP contribution in [0.25, 0.3) is 11.4 Å². The molecule has 14 heavy (non-hydrogen) atoms. The number of aromatic nitrogens is 3. The summed E-state index contributed by atoms with van der Waals surface area (Å²) in [7, 11) is 3.89. The Hall–Kier alpha value is -1.55. The molecule has 0 spiro atoms. The fraction of sp³-hybridized carbons (Fsp3) is 0.300. The lowest BCUT2D eigenvalue weighted by Gasteiger charge is -1.97. The van der Waals surface area contributed by atoms with E-state index < -0.39 is 0 Å². The van der Waals surface area contributed by atoms with Crippen LogP contribution in [-0.2, 0) is 13.6 Å². The molecule has 0 aliphatic heterocycles. The second kappa shape index (κ2) is 3.67. The van der Waals surface area contributed by atoms with Crippen LogP contribution in [0.15, 0.2) is 24.4 Å². The number of aromatic amines is 1. The Balaban J connectivity index is 2.33. The van der Waals surface area contributed by atoms with Gasteiger partial charge in [-0.2, -0.15) is 5.10 Å². The standard InChI is InChI=1S/C10H14N4/c1-11-7-8-6-10(13-14(8)2)9-4-3-5-12-9/h3-6,11-12H,7H2,1-2H3. The van der Waals surface area contributed by atoms with Gasteiger partial charge in [-0.25, -0.2) is 0 Å². The Kier molecular flexibility index (Phi) is 2.37. The average Bonchev–Trinajstić information content (AvgIpc) is 2.76. The van der Waals surface area contributed by atoms with Crippen LogP contribution in [0.5, 0.6) is 0 Å². The summed E-state index contributed by atoms with van der Waals surface area (Å²) in [5.41, 5.74) is 3.22. The Morgan fingerprint density at radius 3 is 3.07 bits per heavy atom. The predicted molar refractivity (Wildman–Crippen MR) is 55.8 cm³/mol. The molecule has 0 atom stereocenters. The summed E-state index contributed by atoms with van der Waals surface area (Å²) in [5.74, 6) is 0. The molecule has 2 aromatic rings. The smallest absolute Gasteiger partial charge is 0.109 e. The van der Waals surface area contributed by atoms with Crippen molar-refractivity contribution in [1.29, 1.82) is 0 Å². The molecule has 0 amide bonds. The maximum atomic E-state index is 4.42. The second-order valence-corrected chi connectivity index (χ2v) is 3.26. The number of hydrogen-bond donors (Lipinski definition) is 2. The molecule has 0 saturated heterocycles. The van der Waals surface area contributed by atoms with Crippen molar-refractivity contribution in [1.82, 2.24) is 20.1 Å². The van der Waals surface area contributed by atoms with Gasteiger partial charge < -0.3 is 10.3 Å². The van der Waals surface area contributed by atoms with Gasteiger partial charge >= 0.3 is 0 Å². The van der Waals surface area contributed by atoms with Crippen molar-refractivity contribution in [2.75, 3.05) is 7.05 Å². The normalized spacial score (nSPS) is 10.7. The van der Waals surface area contributed by atoms with E-state index in [1.165, 1.54) is 5.69 Å². The number of H-pyrrole nitrogens is 1. The fourth-order valence-electron chi connectivity index (χ4n) is 1.47. The number of nitrogens with zero attached hydrogens (tertiary/aromatic N) is 2. The van der Waals surface area contributed by atoms with Crippen LogP contribution in [0.4, 0.5) is 0 Å². The molecule has 0 bridgehead atoms. The quantitative estimate of drug-likeness (QED) is 0.762. The molecule has 0 unspecified atom stereocenters. The van der Waals surface area contributed by atoms with Crippen molar-refractivity contribution in [3.8, 4) is 11.4 Å². The zero-order valence-electron chi connectivity index (χ0n) is 8.41. The van der Waals surface area contributed by atoms with Gasteiger partial charge in [0.05, 0.1) is 11.4 Å². The van der Waals surface area contributed by atoms with Crippen molar-refractivity contribution in [3.05, 3.63) is 30.1 Å². The summed E-state index contributed by atoms with van der Waals surface area (Å²) in [5, 5.41) is 7.53. The van der Waals surface area contributed by atoms with E-state index in [1.807, 2.05) is 37.1 Å². The van der Waals surface area contributed by atoms with E-state index >= 15 is 0 Å². The number of rotatable bonds is 3. The third-order valence-corrected chi connectivity index (χ3v) is 2.21. The first-order valence-electron chi connectivity index (χ1n) is 4.62. The van der Waals surface area contributed by atoms with Crippen LogP contribution >= 0.6 is 0 Å². The average molecular weight is 190 g/mol. The zero-order valence-corrected chi connectivity index (χ0v) is 8.41. The van der Waals surface area contributed by atoms with Crippen molar-refractivity contribution in [2.45, 2.75) is 6.54 Å². The van der Waals surface area contributed by atoms with Crippen LogP contribution in [0.2, 0.25) is 0 Å². The minimum Gasteiger partial charge on any atom is -0.360 e. The first-order valence-corrected chi connectivity index (χ1v) is 4.62. The van der Waals surface area contributed by atoms with Gasteiger partial charge in [0.1, 0.15) is 5.69 Å². The Bertz CT molecular complexity index is 400. The summed E-state index contributed by atoms with van der Waals surface area (Å²) in [4.78, 5) is 3.14. The van der Waals surface area contributed by atoms with Gasteiger partial charge in [-0.05, 0) is 25.2 Å². The maximum Gasteiger partial charge on any atom is 0.109 e. The molecule has 4 heteroatoms. The topological polar surface area (TPSA) is 45.6 Å². The third kappa shape index (κ3) is 1.56. The van der Waals surface area contributed by atoms with E-state index in [9.17, 15) is 0 Å². The summed E-state index contributed by atoms with van der Waals surface area (Å²) in [6.07, 6.45) is 1.90. The Labute approximate surface area is 82.9 Å². The third-order valence-electron chi connectivity index (χ3n) is 2.21. The van der Waals surface area contributed by atoms with Crippen LogP contribution in [0.1, 0.15) is 5.69 Å². The van der Waals surface area contributed by atoms with Crippen LogP contribution in [0.3, 0.4) is 0 Å². The van der Waals surface area contributed by atoms with Crippen LogP contribution < -0.4 is 5.32 Å². The van der Waals surface area contributed by atoms with E-state index in [0.717, 1.165) is 17.9 Å². The molecule has 0 saturated carbocycles. The van der Waals surface area contributed by atoms with Gasteiger partial charge in [-0.1, -0.05) is 0 Å². The van der Waals surface area contributed by atoms with Crippen LogP contribution in [-0.4, -0.2) is 21.8 Å². The molecule has 2 N–H and O–H groups in total. The van der Waals surface area contributed by atoms with Crippen molar-refractivity contribution in [3.63, 3.8) is 0 Å². The van der Waals surface area contributed by atoms with Crippen molar-refractivity contribution < 1.29 is 0 Å². The Morgan fingerprint density at radius 2 is 2.43 bits per heavy atom. The molecule has 0 fully saturated rings. The lowest BCUT2D eigenvalue weighted by Crippen LogP contribution is -2.09. The second-order valence-electron chi connectivity index (χ2n) is 3.26. The molecular formula is C10H14N4. The van der Waals surface area contributed by atoms with Gasteiger partial charge in [-0.3, -0.25) is 4.68 Å².